The number of hydrogen-bond donors (Lipinski definition) is 0. The molecule has 0 saturated carbocycles. The van der Waals surface area contributed by atoms with Gasteiger partial charge in [0.2, 0.25) is 0 Å². The van der Waals surface area contributed by atoms with Gasteiger partial charge in [0, 0.05) is 0 Å². The zero-order chi connectivity index (χ0) is 34.4. The van der Waals surface area contributed by atoms with Gasteiger partial charge in [-0.15, -0.1) is 0 Å². The van der Waals surface area contributed by atoms with Crippen LogP contribution in [0.5, 0.6) is 17.2 Å². The molecular weight excluding hydrogens is 754 g/mol. The molecule has 0 bridgehead atoms. The minimum atomic E-state index is -0.876. The molecule has 13 heteroatoms. The molecule has 48 heavy (non-hydrogen) atoms. The number of methoxy groups -OCH3 is 1. The monoisotopic (exact) mass is 786 g/mol. The number of carbonyl (C=O) groups is 2. The van der Waals surface area contributed by atoms with Crippen LogP contribution in [0.1, 0.15) is 43.5 Å². The molecule has 1 atom stereocenters. The molecule has 0 aliphatic carbocycles. The second kappa shape index (κ2) is 15.6. The van der Waals surface area contributed by atoms with Crippen molar-refractivity contribution in [3.05, 3.63) is 118 Å². The third-order valence-electron chi connectivity index (χ3n) is 7.23. The lowest BCUT2D eigenvalue weighted by atomic mass is 9.95. The van der Waals surface area contributed by atoms with E-state index in [1.165, 1.54) is 35.1 Å². The fourth-order valence-electron chi connectivity index (χ4n) is 5.00. The van der Waals surface area contributed by atoms with Crippen LogP contribution in [0.2, 0.25) is 0 Å². The molecule has 1 aliphatic rings. The van der Waals surface area contributed by atoms with Gasteiger partial charge in [0.1, 0.15) is 18.2 Å². The number of benzene rings is 3. The Bertz CT molecular complexity index is 2060. The Hall–Kier alpha value is -4.50. The van der Waals surface area contributed by atoms with E-state index in [-0.39, 0.29) is 36.8 Å². The van der Waals surface area contributed by atoms with Crippen molar-refractivity contribution in [3.8, 4) is 17.2 Å². The fourth-order valence-corrected chi connectivity index (χ4v) is 6.74. The van der Waals surface area contributed by atoms with Gasteiger partial charge in [-0.05, 0) is 103 Å². The second-order valence-electron chi connectivity index (χ2n) is 10.4. The van der Waals surface area contributed by atoms with E-state index in [0.29, 0.717) is 44.4 Å². The number of thiazole rings is 1. The van der Waals surface area contributed by atoms with Crippen molar-refractivity contribution in [2.45, 2.75) is 33.4 Å². The number of aromatic nitrogens is 1. The van der Waals surface area contributed by atoms with Gasteiger partial charge in [0.15, 0.2) is 22.9 Å². The molecule has 0 unspecified atom stereocenters. The molecule has 250 valence electrons. The summed E-state index contributed by atoms with van der Waals surface area (Å²) in [6, 6.07) is 15.8. The molecule has 3 aromatic carbocycles. The molecule has 2 heterocycles. The van der Waals surface area contributed by atoms with Gasteiger partial charge < -0.3 is 23.7 Å². The van der Waals surface area contributed by atoms with Crippen LogP contribution in [0.3, 0.4) is 0 Å². The average Bonchev–Trinajstić information content (AvgIpc) is 3.37. The van der Waals surface area contributed by atoms with E-state index in [9.17, 15) is 18.8 Å². The van der Waals surface area contributed by atoms with Crippen molar-refractivity contribution in [2.24, 2.45) is 4.99 Å². The molecule has 0 fully saturated rings. The lowest BCUT2D eigenvalue weighted by molar-refractivity contribution is -0.143. The molecule has 0 spiro atoms. The van der Waals surface area contributed by atoms with E-state index in [4.69, 9.17) is 18.9 Å². The largest absolute Gasteiger partial charge is 0.490 e. The first-order valence-corrected chi connectivity index (χ1v) is 16.9. The molecule has 1 aromatic heterocycles. The van der Waals surface area contributed by atoms with E-state index in [2.05, 4.69) is 32.3 Å². The minimum absolute atomic E-state index is 0.138. The maximum Gasteiger partial charge on any atom is 0.343 e. The first kappa shape index (κ1) is 34.8. The van der Waals surface area contributed by atoms with Crippen LogP contribution in [0.4, 0.5) is 4.39 Å². The molecular formula is C35H32FIN2O8S. The number of ether oxygens (including phenoxy) is 5. The Labute approximate surface area is 293 Å². The zero-order valence-corrected chi connectivity index (χ0v) is 29.6. The molecule has 1 aliphatic heterocycles. The van der Waals surface area contributed by atoms with E-state index in [1.54, 1.807) is 57.2 Å². The number of carbonyl (C=O) groups excluding carboxylic acids is 2. The molecule has 0 N–H and O–H groups in total. The summed E-state index contributed by atoms with van der Waals surface area (Å²) < 4.78 is 43.5. The summed E-state index contributed by atoms with van der Waals surface area (Å²) >= 11 is 3.37. The Kier molecular flexibility index (Phi) is 11.3. The highest BCUT2D eigenvalue weighted by atomic mass is 127. The van der Waals surface area contributed by atoms with Crippen LogP contribution in [-0.4, -0.2) is 43.4 Å². The third kappa shape index (κ3) is 7.79. The summed E-state index contributed by atoms with van der Waals surface area (Å²) in [6.07, 6.45) is 1.77. The normalized spacial score (nSPS) is 14.2. The SMILES string of the molecule is CCOC(=O)C1=C(C)N=c2s/c(=C\c3ccc(OCc4ccc(F)cc4)c(I)c3)c(=O)n2[C@@H]1c1ccc(OCC(=O)OC)c(OCC)c1. The van der Waals surface area contributed by atoms with Gasteiger partial charge in [0.05, 0.1) is 45.7 Å². The van der Waals surface area contributed by atoms with Gasteiger partial charge in [-0.25, -0.2) is 19.0 Å². The molecule has 0 saturated heterocycles. The summed E-state index contributed by atoms with van der Waals surface area (Å²) in [4.78, 5) is 44.2. The predicted molar refractivity (Wildman–Crippen MR) is 185 cm³/mol. The summed E-state index contributed by atoms with van der Waals surface area (Å²) in [5, 5.41) is 0. The molecule has 4 aromatic rings. The van der Waals surface area contributed by atoms with Crippen LogP contribution >= 0.6 is 33.9 Å². The first-order valence-electron chi connectivity index (χ1n) is 15.0. The summed E-state index contributed by atoms with van der Waals surface area (Å²) in [6.45, 7) is 5.62. The van der Waals surface area contributed by atoms with Crippen molar-refractivity contribution < 1.29 is 37.7 Å². The standard InChI is InChI=1S/C35H32FIN2O8S/c1-5-44-28-17-23(10-14-27(28)47-19-30(40)43-4)32-31(34(42)45-6-2)20(3)38-35-39(32)33(41)29(48-35)16-22-9-13-26(25(37)15-22)46-18-21-7-11-24(36)12-8-21/h7-17,32H,5-6,18-19H2,1-4H3/b29-16-/t32-/m1/s1. The van der Waals surface area contributed by atoms with Crippen molar-refractivity contribution in [3.63, 3.8) is 0 Å². The highest BCUT2D eigenvalue weighted by Gasteiger charge is 2.34. The van der Waals surface area contributed by atoms with E-state index in [0.717, 1.165) is 14.7 Å². The van der Waals surface area contributed by atoms with E-state index >= 15 is 0 Å². The van der Waals surface area contributed by atoms with Gasteiger partial charge in [0.25, 0.3) is 5.56 Å². The van der Waals surface area contributed by atoms with Gasteiger partial charge in [-0.3, -0.25) is 9.36 Å². The lowest BCUT2D eigenvalue weighted by Crippen LogP contribution is -2.40. The number of halogens is 2. The maximum absolute atomic E-state index is 14.1. The quantitative estimate of drug-likeness (QED) is 0.145. The molecule has 0 amide bonds. The third-order valence-corrected chi connectivity index (χ3v) is 9.06. The van der Waals surface area contributed by atoms with Crippen LogP contribution < -0.4 is 29.1 Å². The summed E-state index contributed by atoms with van der Waals surface area (Å²) in [7, 11) is 1.27. The van der Waals surface area contributed by atoms with Gasteiger partial charge in [-0.1, -0.05) is 35.6 Å². The smallest absolute Gasteiger partial charge is 0.343 e. The van der Waals surface area contributed by atoms with Crippen molar-refractivity contribution in [2.75, 3.05) is 26.9 Å². The van der Waals surface area contributed by atoms with Crippen molar-refractivity contribution >= 4 is 51.9 Å². The zero-order valence-electron chi connectivity index (χ0n) is 26.6. The van der Waals surface area contributed by atoms with Gasteiger partial charge in [-0.2, -0.15) is 0 Å². The Balaban J connectivity index is 1.54. The Morgan fingerprint density at radius 2 is 1.73 bits per heavy atom. The van der Waals surface area contributed by atoms with Gasteiger partial charge >= 0.3 is 11.9 Å². The van der Waals surface area contributed by atoms with Crippen molar-refractivity contribution in [1.82, 2.24) is 4.57 Å². The van der Waals surface area contributed by atoms with Crippen LogP contribution in [-0.2, 0) is 25.7 Å². The number of fused-ring (bicyclic) bond motifs is 1. The van der Waals surface area contributed by atoms with Crippen LogP contribution in [0, 0.1) is 9.39 Å². The number of hydrogen-bond acceptors (Lipinski definition) is 10. The predicted octanol–water partition coefficient (Wildman–Crippen LogP) is 5.07. The average molecular weight is 787 g/mol. The highest BCUT2D eigenvalue weighted by molar-refractivity contribution is 14.1. The molecule has 10 nitrogen and oxygen atoms in total. The minimum Gasteiger partial charge on any atom is -0.490 e. The number of allylic oxidation sites excluding steroid dienone is 1. The fraction of sp³-hybridized carbons (Fsp3) is 0.257. The van der Waals surface area contributed by atoms with E-state index < -0.39 is 18.0 Å². The van der Waals surface area contributed by atoms with E-state index in [1.807, 2.05) is 18.2 Å². The molecule has 5 rings (SSSR count). The lowest BCUT2D eigenvalue weighted by Gasteiger charge is -2.25. The highest BCUT2D eigenvalue weighted by Crippen LogP contribution is 2.36. The van der Waals surface area contributed by atoms with Crippen LogP contribution in [0.15, 0.2) is 81.7 Å². The molecule has 0 radical (unpaired) electrons. The topological polar surface area (TPSA) is 115 Å². The van der Waals surface area contributed by atoms with Crippen LogP contribution in [0.25, 0.3) is 6.08 Å². The number of rotatable bonds is 12. The summed E-state index contributed by atoms with van der Waals surface area (Å²) in [5.41, 5.74) is 2.47. The maximum atomic E-state index is 14.1. The summed E-state index contributed by atoms with van der Waals surface area (Å²) in [5.74, 6) is -0.174. The number of esters is 2. The number of nitrogens with zero attached hydrogens (tertiary/aromatic N) is 2. The Morgan fingerprint density at radius 1 is 0.979 bits per heavy atom. The second-order valence-corrected chi connectivity index (χ2v) is 12.6. The van der Waals surface area contributed by atoms with Crippen molar-refractivity contribution in [1.29, 1.82) is 0 Å². The first-order chi connectivity index (χ1) is 23.1. The Morgan fingerprint density at radius 3 is 2.42 bits per heavy atom.